The Morgan fingerprint density at radius 2 is 1.78 bits per heavy atom. The highest BCUT2D eigenvalue weighted by Gasteiger charge is 2.42. The van der Waals surface area contributed by atoms with E-state index in [1.807, 2.05) is 24.3 Å². The van der Waals surface area contributed by atoms with Crippen LogP contribution in [0.5, 0.6) is 11.5 Å². The highest BCUT2D eigenvalue weighted by Crippen LogP contribution is 2.47. The fourth-order valence-corrected chi connectivity index (χ4v) is 5.75. The maximum atomic E-state index is 13.9. The van der Waals surface area contributed by atoms with E-state index in [2.05, 4.69) is 10.6 Å². The third kappa shape index (κ3) is 5.72. The summed E-state index contributed by atoms with van der Waals surface area (Å²) < 4.78 is 11.3. The molecule has 8 nitrogen and oxygen atoms in total. The first-order chi connectivity index (χ1) is 19.8. The number of anilines is 1. The third-order valence-corrected chi connectivity index (χ3v) is 7.52. The lowest BCUT2D eigenvalue weighted by molar-refractivity contribution is -0.140. The van der Waals surface area contributed by atoms with Crippen LogP contribution in [0.4, 0.5) is 5.69 Å². The topological polar surface area (TPSA) is 114 Å². The van der Waals surface area contributed by atoms with E-state index in [-0.39, 0.29) is 36.4 Å². The van der Waals surface area contributed by atoms with Gasteiger partial charge in [-0.1, -0.05) is 48.5 Å². The molecule has 0 saturated carbocycles. The summed E-state index contributed by atoms with van der Waals surface area (Å²) >= 11 is 0. The van der Waals surface area contributed by atoms with Gasteiger partial charge >= 0.3 is 5.97 Å². The van der Waals surface area contributed by atoms with Crippen molar-refractivity contribution in [3.05, 3.63) is 112 Å². The van der Waals surface area contributed by atoms with Crippen molar-refractivity contribution in [2.45, 2.75) is 45.1 Å². The van der Waals surface area contributed by atoms with Gasteiger partial charge in [0.15, 0.2) is 5.78 Å². The zero-order valence-electron chi connectivity index (χ0n) is 23.2. The van der Waals surface area contributed by atoms with Crippen LogP contribution in [0.1, 0.15) is 55.2 Å². The van der Waals surface area contributed by atoms with Gasteiger partial charge < -0.3 is 25.2 Å². The number of amides is 1. The molecular weight excluding hydrogens is 520 g/mol. The number of dihydropyridines is 1. The first-order valence-electron chi connectivity index (χ1n) is 13.4. The molecule has 0 bridgehead atoms. The van der Waals surface area contributed by atoms with Crippen molar-refractivity contribution < 1.29 is 29.0 Å². The number of para-hydroxylation sites is 2. The molecule has 2 unspecified atom stereocenters. The van der Waals surface area contributed by atoms with Crippen LogP contribution in [-0.2, 0) is 25.7 Å². The van der Waals surface area contributed by atoms with Crippen LogP contribution < -0.4 is 15.4 Å². The lowest BCUT2D eigenvalue weighted by Gasteiger charge is -2.37. The summed E-state index contributed by atoms with van der Waals surface area (Å²) in [4.78, 5) is 39.2. The number of allylic oxidation sites excluding steroid dienone is 3. The Labute approximate surface area is 238 Å². The monoisotopic (exact) mass is 552 g/mol. The maximum Gasteiger partial charge on any atom is 0.337 e. The predicted octanol–water partition coefficient (Wildman–Crippen LogP) is 5.46. The molecule has 8 heteroatoms. The van der Waals surface area contributed by atoms with E-state index in [0.29, 0.717) is 40.1 Å². The summed E-state index contributed by atoms with van der Waals surface area (Å²) in [5.41, 5.74) is 4.89. The van der Waals surface area contributed by atoms with Gasteiger partial charge in [0, 0.05) is 53.4 Å². The molecule has 5 rings (SSSR count). The van der Waals surface area contributed by atoms with Crippen LogP contribution >= 0.6 is 0 Å². The van der Waals surface area contributed by atoms with Crippen molar-refractivity contribution in [2.24, 2.45) is 0 Å². The number of ketones is 1. The molecule has 3 N–H and O–H groups in total. The number of carbonyl (C=O) groups is 3. The fourth-order valence-electron chi connectivity index (χ4n) is 5.75. The Hall–Kier alpha value is -4.85. The Morgan fingerprint density at radius 3 is 2.54 bits per heavy atom. The molecule has 210 valence electrons. The van der Waals surface area contributed by atoms with Crippen LogP contribution in [0.2, 0.25) is 0 Å². The summed E-state index contributed by atoms with van der Waals surface area (Å²) in [5.74, 6) is -0.962. The minimum absolute atomic E-state index is 0.0351. The molecule has 0 saturated heterocycles. The van der Waals surface area contributed by atoms with Gasteiger partial charge in [-0.15, -0.1) is 0 Å². The number of hydrogen-bond acceptors (Lipinski definition) is 7. The predicted molar refractivity (Wildman–Crippen MR) is 154 cm³/mol. The number of ether oxygens (including phenoxy) is 2. The number of hydrogen-bond donors (Lipinski definition) is 3. The van der Waals surface area contributed by atoms with Gasteiger partial charge in [-0.2, -0.15) is 0 Å². The Morgan fingerprint density at radius 1 is 1.02 bits per heavy atom. The molecule has 0 fully saturated rings. The first-order valence-corrected chi connectivity index (χ1v) is 13.4. The Bertz CT molecular complexity index is 1590. The van der Waals surface area contributed by atoms with E-state index in [9.17, 15) is 19.5 Å². The molecule has 0 spiro atoms. The number of nitrogens with one attached hydrogen (secondary N) is 2. The molecule has 3 aromatic carbocycles. The second kappa shape index (κ2) is 11.7. The lowest BCUT2D eigenvalue weighted by Crippen LogP contribution is -2.36. The molecule has 0 aromatic heterocycles. The van der Waals surface area contributed by atoms with E-state index in [0.717, 1.165) is 17.0 Å². The first kappa shape index (κ1) is 27.7. The highest BCUT2D eigenvalue weighted by atomic mass is 16.5. The van der Waals surface area contributed by atoms with Gasteiger partial charge in [-0.3, -0.25) is 9.59 Å². The molecule has 1 heterocycles. The number of phenolic OH excluding ortho intramolecular Hbond substituents is 1. The highest BCUT2D eigenvalue weighted by molar-refractivity contribution is 6.04. The lowest BCUT2D eigenvalue weighted by atomic mass is 9.71. The summed E-state index contributed by atoms with van der Waals surface area (Å²) in [6, 6.07) is 21.4. The average Bonchev–Trinajstić information content (AvgIpc) is 2.95. The molecule has 0 radical (unpaired) electrons. The molecular formula is C33H32N2O6. The van der Waals surface area contributed by atoms with Crippen molar-refractivity contribution in [3.63, 3.8) is 0 Å². The van der Waals surface area contributed by atoms with Gasteiger partial charge in [0.05, 0.1) is 12.7 Å². The number of phenols is 1. The standard InChI is InChI=1S/C33H32N2O6/c1-19-30(33(39)41-18-22-9-4-6-13-26(22)35-20(2)36)31(21-10-8-11-24(37)15-21)32-27(34-19)16-23(17-28(32)38)25-12-5-7-14-29(25)40-3/h4-15,23,31,34,37H,16-18H2,1-3H3,(H,35,36). The van der Waals surface area contributed by atoms with E-state index in [1.165, 1.54) is 6.92 Å². The molecule has 1 amide bonds. The smallest absolute Gasteiger partial charge is 0.337 e. The molecule has 3 aromatic rings. The molecule has 2 atom stereocenters. The maximum absolute atomic E-state index is 13.9. The largest absolute Gasteiger partial charge is 0.508 e. The molecule has 2 aliphatic rings. The Balaban J connectivity index is 1.50. The zero-order chi connectivity index (χ0) is 29.1. The van der Waals surface area contributed by atoms with Crippen molar-refractivity contribution in [1.82, 2.24) is 5.32 Å². The van der Waals surface area contributed by atoms with Gasteiger partial charge in [0.25, 0.3) is 0 Å². The quantitative estimate of drug-likeness (QED) is 0.333. The van der Waals surface area contributed by atoms with Gasteiger partial charge in [-0.25, -0.2) is 4.79 Å². The zero-order valence-corrected chi connectivity index (χ0v) is 23.2. The number of rotatable bonds is 7. The Kier molecular flexibility index (Phi) is 7.92. The van der Waals surface area contributed by atoms with Crippen molar-refractivity contribution in [1.29, 1.82) is 0 Å². The van der Waals surface area contributed by atoms with Crippen LogP contribution in [0, 0.1) is 0 Å². The number of Topliss-reactive ketones (excluding diaryl/α,β-unsaturated/α-hetero) is 1. The SMILES string of the molecule is COc1ccccc1C1CC(=O)C2=C(C1)NC(C)=C(C(=O)OCc1ccccc1NC(C)=O)C2c1cccc(O)c1. The normalized spacial score (nSPS) is 18.4. The van der Waals surface area contributed by atoms with Crippen LogP contribution in [0.15, 0.2) is 95.3 Å². The minimum Gasteiger partial charge on any atom is -0.508 e. The van der Waals surface area contributed by atoms with Gasteiger partial charge in [0.1, 0.15) is 18.1 Å². The molecule has 1 aliphatic heterocycles. The van der Waals surface area contributed by atoms with E-state index in [1.54, 1.807) is 62.6 Å². The fraction of sp³-hybridized carbons (Fsp3) is 0.242. The number of carbonyl (C=O) groups excluding carboxylic acids is 3. The summed E-state index contributed by atoms with van der Waals surface area (Å²) in [6.45, 7) is 3.13. The van der Waals surface area contributed by atoms with Gasteiger partial charge in [0.2, 0.25) is 5.91 Å². The number of benzene rings is 3. The summed E-state index contributed by atoms with van der Waals surface area (Å²) in [6.07, 6.45) is 0.808. The van der Waals surface area contributed by atoms with E-state index >= 15 is 0 Å². The summed E-state index contributed by atoms with van der Waals surface area (Å²) in [5, 5.41) is 16.4. The van der Waals surface area contributed by atoms with Crippen molar-refractivity contribution in [2.75, 3.05) is 12.4 Å². The second-order valence-corrected chi connectivity index (χ2v) is 10.3. The van der Waals surface area contributed by atoms with Crippen LogP contribution in [0.3, 0.4) is 0 Å². The van der Waals surface area contributed by atoms with Gasteiger partial charge in [-0.05, 0) is 48.7 Å². The number of aromatic hydroxyl groups is 1. The van der Waals surface area contributed by atoms with E-state index < -0.39 is 11.9 Å². The van der Waals surface area contributed by atoms with Crippen molar-refractivity contribution in [3.8, 4) is 11.5 Å². The number of esters is 1. The van der Waals surface area contributed by atoms with Crippen LogP contribution in [-0.4, -0.2) is 29.9 Å². The second-order valence-electron chi connectivity index (χ2n) is 10.3. The number of methoxy groups -OCH3 is 1. The van der Waals surface area contributed by atoms with Crippen LogP contribution in [0.25, 0.3) is 0 Å². The van der Waals surface area contributed by atoms with Crippen molar-refractivity contribution >= 4 is 23.3 Å². The summed E-state index contributed by atoms with van der Waals surface area (Å²) in [7, 11) is 1.62. The third-order valence-electron chi connectivity index (χ3n) is 7.52. The average molecular weight is 553 g/mol. The minimum atomic E-state index is -0.720. The molecule has 1 aliphatic carbocycles. The van der Waals surface area contributed by atoms with E-state index in [4.69, 9.17) is 9.47 Å². The molecule has 41 heavy (non-hydrogen) atoms.